The minimum Gasteiger partial charge on any atom is -0.481 e. The molecule has 1 aliphatic rings. The number of benzene rings is 2. The number of hydrogen-bond donors (Lipinski definition) is 2. The molecule has 0 heterocycles. The number of ether oxygens (including phenoxy) is 1. The Kier molecular flexibility index (Phi) is 5.93. The maximum atomic E-state index is 12.0. The Labute approximate surface area is 162 Å². The molecule has 0 aliphatic heterocycles. The smallest absolute Gasteiger partial charge is 0.407 e. The van der Waals surface area contributed by atoms with Gasteiger partial charge in [0.2, 0.25) is 5.91 Å². The van der Waals surface area contributed by atoms with Gasteiger partial charge >= 0.3 is 12.1 Å². The lowest BCUT2D eigenvalue weighted by atomic mass is 9.98. The van der Waals surface area contributed by atoms with Gasteiger partial charge < -0.3 is 20.1 Å². The number of aliphatic carboxylic acids is 1. The zero-order valence-corrected chi connectivity index (χ0v) is 15.6. The third kappa shape index (κ3) is 4.31. The van der Waals surface area contributed by atoms with Gasteiger partial charge in [-0.05, 0) is 22.3 Å². The van der Waals surface area contributed by atoms with E-state index in [-0.39, 0.29) is 37.9 Å². The average Bonchev–Trinajstić information content (AvgIpc) is 3.02. The summed E-state index contributed by atoms with van der Waals surface area (Å²) in [5.41, 5.74) is 4.51. The quantitative estimate of drug-likeness (QED) is 0.767. The van der Waals surface area contributed by atoms with Crippen LogP contribution in [0.4, 0.5) is 4.79 Å². The summed E-state index contributed by atoms with van der Waals surface area (Å²) in [5, 5.41) is 11.1. The van der Waals surface area contributed by atoms with E-state index in [1.165, 1.54) is 11.9 Å². The van der Waals surface area contributed by atoms with E-state index in [4.69, 9.17) is 9.84 Å². The predicted molar refractivity (Wildman–Crippen MR) is 103 cm³/mol. The van der Waals surface area contributed by atoms with E-state index in [0.29, 0.717) is 0 Å². The van der Waals surface area contributed by atoms with Crippen LogP contribution in [-0.2, 0) is 14.3 Å². The zero-order valence-electron chi connectivity index (χ0n) is 15.6. The normalized spacial score (nSPS) is 12.0. The molecule has 0 atom stereocenters. The maximum absolute atomic E-state index is 12.0. The Morgan fingerprint density at radius 3 is 2.18 bits per heavy atom. The van der Waals surface area contributed by atoms with Gasteiger partial charge in [0.1, 0.15) is 13.2 Å². The Morgan fingerprint density at radius 2 is 1.61 bits per heavy atom. The fourth-order valence-corrected chi connectivity index (χ4v) is 3.32. The molecule has 146 valence electrons. The molecule has 0 saturated heterocycles. The van der Waals surface area contributed by atoms with Gasteiger partial charge in [0.15, 0.2) is 0 Å². The summed E-state index contributed by atoms with van der Waals surface area (Å²) >= 11 is 0. The number of carbonyl (C=O) groups is 3. The molecule has 0 bridgehead atoms. The highest BCUT2D eigenvalue weighted by atomic mass is 16.5. The minimum absolute atomic E-state index is 0.0490. The van der Waals surface area contributed by atoms with Crippen LogP contribution in [0.1, 0.15) is 23.5 Å². The van der Waals surface area contributed by atoms with E-state index in [2.05, 4.69) is 17.4 Å². The molecule has 2 amide bonds. The lowest BCUT2D eigenvalue weighted by Crippen LogP contribution is -2.39. The predicted octanol–water partition coefficient (Wildman–Crippen LogP) is 2.46. The third-order valence-corrected chi connectivity index (χ3v) is 4.81. The molecule has 2 aromatic carbocycles. The molecule has 28 heavy (non-hydrogen) atoms. The summed E-state index contributed by atoms with van der Waals surface area (Å²) < 4.78 is 5.35. The molecule has 2 aromatic rings. The number of alkyl carbamates (subject to hydrolysis) is 1. The van der Waals surface area contributed by atoms with Crippen LogP contribution in [0.15, 0.2) is 48.5 Å². The van der Waals surface area contributed by atoms with Gasteiger partial charge in [-0.3, -0.25) is 9.59 Å². The van der Waals surface area contributed by atoms with Crippen LogP contribution in [0.3, 0.4) is 0 Å². The minimum atomic E-state index is -0.982. The number of carboxylic acid groups (broad SMARTS) is 1. The standard InChI is InChI=1S/C21H22N2O5/c1-23(11-10-20(25)26)19(24)12-22-21(27)28-13-18-16-8-4-2-6-14(16)15-7-3-5-9-17(15)18/h2-9,18H,10-13H2,1H3,(H,22,27)(H,25,26). The van der Waals surface area contributed by atoms with Crippen molar-refractivity contribution in [1.82, 2.24) is 10.2 Å². The van der Waals surface area contributed by atoms with Crippen molar-refractivity contribution in [2.45, 2.75) is 12.3 Å². The van der Waals surface area contributed by atoms with Gasteiger partial charge in [-0.15, -0.1) is 0 Å². The number of amides is 2. The molecular weight excluding hydrogens is 360 g/mol. The van der Waals surface area contributed by atoms with Crippen LogP contribution in [0, 0.1) is 0 Å². The number of hydrogen-bond acceptors (Lipinski definition) is 4. The SMILES string of the molecule is CN(CCC(=O)O)C(=O)CNC(=O)OCC1c2ccccc2-c2ccccc21. The second-order valence-electron chi connectivity index (χ2n) is 6.64. The Morgan fingerprint density at radius 1 is 1.04 bits per heavy atom. The van der Waals surface area contributed by atoms with Crippen molar-refractivity contribution in [1.29, 1.82) is 0 Å². The molecule has 7 heteroatoms. The first-order chi connectivity index (χ1) is 13.5. The number of carbonyl (C=O) groups excluding carboxylic acids is 2. The van der Waals surface area contributed by atoms with Crippen molar-refractivity contribution in [3.8, 4) is 11.1 Å². The molecule has 0 radical (unpaired) electrons. The fraction of sp³-hybridized carbons (Fsp3) is 0.286. The summed E-state index contributed by atoms with van der Waals surface area (Å²) in [6.07, 6.45) is -0.824. The van der Waals surface area contributed by atoms with E-state index in [0.717, 1.165) is 22.3 Å². The van der Waals surface area contributed by atoms with E-state index in [9.17, 15) is 14.4 Å². The van der Waals surface area contributed by atoms with Crippen LogP contribution in [-0.4, -0.2) is 54.7 Å². The number of nitrogens with one attached hydrogen (secondary N) is 1. The first kappa shape index (κ1) is 19.4. The van der Waals surface area contributed by atoms with E-state index in [1.54, 1.807) is 0 Å². The summed E-state index contributed by atoms with van der Waals surface area (Å²) in [4.78, 5) is 35.7. The Bertz CT molecular complexity index is 850. The van der Waals surface area contributed by atoms with Crippen molar-refractivity contribution in [3.05, 3.63) is 59.7 Å². The van der Waals surface area contributed by atoms with Crippen LogP contribution in [0.25, 0.3) is 11.1 Å². The van der Waals surface area contributed by atoms with Crippen LogP contribution in [0.2, 0.25) is 0 Å². The lowest BCUT2D eigenvalue weighted by Gasteiger charge is -2.17. The van der Waals surface area contributed by atoms with Crippen molar-refractivity contribution in [2.75, 3.05) is 26.7 Å². The van der Waals surface area contributed by atoms with Crippen molar-refractivity contribution in [2.24, 2.45) is 0 Å². The molecule has 2 N–H and O–H groups in total. The number of nitrogens with zero attached hydrogens (tertiary/aromatic N) is 1. The van der Waals surface area contributed by atoms with Crippen LogP contribution >= 0.6 is 0 Å². The largest absolute Gasteiger partial charge is 0.481 e. The molecular formula is C21H22N2O5. The topological polar surface area (TPSA) is 95.9 Å². The summed E-state index contributed by atoms with van der Waals surface area (Å²) in [5.74, 6) is -1.41. The molecule has 0 saturated carbocycles. The highest BCUT2D eigenvalue weighted by molar-refractivity contribution is 5.83. The zero-order chi connectivity index (χ0) is 20.1. The lowest BCUT2D eigenvalue weighted by molar-refractivity contribution is -0.138. The summed E-state index contributed by atoms with van der Waals surface area (Å²) in [6, 6.07) is 16.1. The van der Waals surface area contributed by atoms with E-state index in [1.807, 2.05) is 36.4 Å². The average molecular weight is 382 g/mol. The summed E-state index contributed by atoms with van der Waals surface area (Å²) in [7, 11) is 1.49. The highest BCUT2D eigenvalue weighted by Crippen LogP contribution is 2.44. The van der Waals surface area contributed by atoms with E-state index >= 15 is 0 Å². The molecule has 7 nitrogen and oxygen atoms in total. The van der Waals surface area contributed by atoms with Gasteiger partial charge in [0.05, 0.1) is 6.42 Å². The molecule has 1 aliphatic carbocycles. The Balaban J connectivity index is 1.54. The number of rotatable bonds is 7. The van der Waals surface area contributed by atoms with Gasteiger partial charge in [0.25, 0.3) is 0 Å². The van der Waals surface area contributed by atoms with E-state index < -0.39 is 12.1 Å². The van der Waals surface area contributed by atoms with Gasteiger partial charge in [-0.2, -0.15) is 0 Å². The van der Waals surface area contributed by atoms with Crippen LogP contribution in [0.5, 0.6) is 0 Å². The maximum Gasteiger partial charge on any atom is 0.407 e. The van der Waals surface area contributed by atoms with Gasteiger partial charge in [-0.1, -0.05) is 48.5 Å². The van der Waals surface area contributed by atoms with Crippen molar-refractivity contribution in [3.63, 3.8) is 0 Å². The Hall–Kier alpha value is -3.35. The first-order valence-electron chi connectivity index (χ1n) is 9.02. The molecule has 0 fully saturated rings. The first-order valence-corrected chi connectivity index (χ1v) is 9.02. The third-order valence-electron chi connectivity index (χ3n) is 4.81. The molecule has 0 unspecified atom stereocenters. The highest BCUT2D eigenvalue weighted by Gasteiger charge is 2.29. The second-order valence-corrected chi connectivity index (χ2v) is 6.64. The molecule has 0 aromatic heterocycles. The molecule has 0 spiro atoms. The number of likely N-dealkylation sites (N-methyl/N-ethyl adjacent to an activating group) is 1. The van der Waals surface area contributed by atoms with Crippen molar-refractivity contribution >= 4 is 18.0 Å². The van der Waals surface area contributed by atoms with Gasteiger partial charge in [-0.25, -0.2) is 4.79 Å². The van der Waals surface area contributed by atoms with Crippen LogP contribution < -0.4 is 5.32 Å². The summed E-state index contributed by atoms with van der Waals surface area (Å²) in [6.45, 7) is 0.0102. The van der Waals surface area contributed by atoms with Gasteiger partial charge in [0, 0.05) is 19.5 Å². The number of fused-ring (bicyclic) bond motifs is 3. The monoisotopic (exact) mass is 382 g/mol. The number of carboxylic acids is 1. The molecule has 3 rings (SSSR count). The van der Waals surface area contributed by atoms with Crippen molar-refractivity contribution < 1.29 is 24.2 Å². The second kappa shape index (κ2) is 8.56. The fourth-order valence-electron chi connectivity index (χ4n) is 3.32.